The lowest BCUT2D eigenvalue weighted by Gasteiger charge is -2.21. The summed E-state index contributed by atoms with van der Waals surface area (Å²) in [6, 6.07) is 19.9. The summed E-state index contributed by atoms with van der Waals surface area (Å²) in [7, 11) is 1.63. The first-order valence-corrected chi connectivity index (χ1v) is 11.3. The van der Waals surface area contributed by atoms with E-state index in [1.165, 1.54) is 18.4 Å². The summed E-state index contributed by atoms with van der Waals surface area (Å²) in [6.45, 7) is 1.99. The van der Waals surface area contributed by atoms with Gasteiger partial charge in [0.05, 0.1) is 13.7 Å². The second kappa shape index (κ2) is 11.9. The number of carbonyl (C=O) groups excluding carboxylic acids is 1. The van der Waals surface area contributed by atoms with Gasteiger partial charge in [0.15, 0.2) is 5.69 Å². The summed E-state index contributed by atoms with van der Waals surface area (Å²) in [5.41, 5.74) is 3.17. The van der Waals surface area contributed by atoms with Crippen molar-refractivity contribution in [3.8, 4) is 5.75 Å². The van der Waals surface area contributed by atoms with Crippen LogP contribution in [0, 0.1) is 5.82 Å². The molecule has 0 spiro atoms. The van der Waals surface area contributed by atoms with E-state index >= 15 is 0 Å². The van der Waals surface area contributed by atoms with E-state index in [1.807, 2.05) is 42.5 Å². The largest absolute Gasteiger partial charge is 0.497 e. The van der Waals surface area contributed by atoms with Gasteiger partial charge in [-0.15, -0.1) is 0 Å². The SMILES string of the molecule is COc1ccc(CN(Cc2ccc(F)cc2)Cc2nc(C(=O)NCCc3ccccn3)co2)cc1. The summed E-state index contributed by atoms with van der Waals surface area (Å²) in [5, 5.41) is 2.85. The first-order chi connectivity index (χ1) is 17.1. The van der Waals surface area contributed by atoms with Crippen molar-refractivity contribution in [2.24, 2.45) is 0 Å². The number of nitrogens with one attached hydrogen (secondary N) is 1. The lowest BCUT2D eigenvalue weighted by atomic mass is 10.1. The number of carbonyl (C=O) groups is 1. The second-order valence-corrected chi connectivity index (χ2v) is 8.07. The van der Waals surface area contributed by atoms with Crippen LogP contribution in [0.4, 0.5) is 4.39 Å². The van der Waals surface area contributed by atoms with Crippen LogP contribution in [0.25, 0.3) is 0 Å². The minimum absolute atomic E-state index is 0.229. The Balaban J connectivity index is 1.39. The van der Waals surface area contributed by atoms with E-state index < -0.39 is 0 Å². The van der Waals surface area contributed by atoms with Crippen LogP contribution in [0.15, 0.2) is 83.6 Å². The molecule has 35 heavy (non-hydrogen) atoms. The van der Waals surface area contributed by atoms with Crippen molar-refractivity contribution in [2.75, 3.05) is 13.7 Å². The fraction of sp³-hybridized carbons (Fsp3) is 0.222. The number of halogens is 1. The van der Waals surface area contributed by atoms with Gasteiger partial charge < -0.3 is 14.5 Å². The second-order valence-electron chi connectivity index (χ2n) is 8.07. The zero-order chi connectivity index (χ0) is 24.5. The van der Waals surface area contributed by atoms with E-state index in [0.717, 1.165) is 22.6 Å². The fourth-order valence-electron chi connectivity index (χ4n) is 3.62. The van der Waals surface area contributed by atoms with E-state index in [0.29, 0.717) is 38.5 Å². The van der Waals surface area contributed by atoms with Crippen molar-refractivity contribution in [1.82, 2.24) is 20.2 Å². The summed E-state index contributed by atoms with van der Waals surface area (Å²) < 4.78 is 24.2. The van der Waals surface area contributed by atoms with Gasteiger partial charge in [-0.2, -0.15) is 0 Å². The molecule has 0 aliphatic heterocycles. The number of nitrogens with zero attached hydrogens (tertiary/aromatic N) is 3. The summed E-state index contributed by atoms with van der Waals surface area (Å²) in [6.07, 6.45) is 3.73. The molecule has 7 nitrogen and oxygen atoms in total. The highest BCUT2D eigenvalue weighted by molar-refractivity contribution is 5.91. The monoisotopic (exact) mass is 474 g/mol. The van der Waals surface area contributed by atoms with E-state index in [-0.39, 0.29) is 17.4 Å². The number of rotatable bonds is 11. The molecule has 0 saturated heterocycles. The van der Waals surface area contributed by atoms with Crippen LogP contribution < -0.4 is 10.1 Å². The van der Waals surface area contributed by atoms with Crippen LogP contribution in [0.3, 0.4) is 0 Å². The topological polar surface area (TPSA) is 80.5 Å². The molecule has 8 heteroatoms. The van der Waals surface area contributed by atoms with Gasteiger partial charge in [-0.1, -0.05) is 30.3 Å². The molecular weight excluding hydrogens is 447 g/mol. The molecular formula is C27H27FN4O3. The highest BCUT2D eigenvalue weighted by atomic mass is 19.1. The molecule has 2 aromatic carbocycles. The van der Waals surface area contributed by atoms with Crippen molar-refractivity contribution < 1.29 is 18.3 Å². The van der Waals surface area contributed by atoms with Gasteiger partial charge in [0.1, 0.15) is 17.8 Å². The van der Waals surface area contributed by atoms with E-state index in [9.17, 15) is 9.18 Å². The standard InChI is InChI=1S/C27H27FN4O3/c1-34-24-11-7-21(8-12-24)17-32(16-20-5-9-22(28)10-6-20)18-26-31-25(19-35-26)27(33)30-15-13-23-4-2-3-14-29-23/h2-12,14,19H,13,15-18H2,1H3,(H,30,33). The van der Waals surface area contributed by atoms with Crippen LogP contribution in [-0.2, 0) is 26.1 Å². The van der Waals surface area contributed by atoms with Crippen LogP contribution in [-0.4, -0.2) is 34.4 Å². The van der Waals surface area contributed by atoms with Crippen LogP contribution in [0.2, 0.25) is 0 Å². The molecule has 4 rings (SSSR count). The van der Waals surface area contributed by atoms with Crippen LogP contribution in [0.5, 0.6) is 5.75 Å². The van der Waals surface area contributed by atoms with Crippen molar-refractivity contribution in [3.63, 3.8) is 0 Å². The summed E-state index contributed by atoms with van der Waals surface area (Å²) >= 11 is 0. The summed E-state index contributed by atoms with van der Waals surface area (Å²) in [5.74, 6) is 0.638. The van der Waals surface area contributed by atoms with Crippen molar-refractivity contribution in [1.29, 1.82) is 0 Å². The Bertz CT molecular complexity index is 1210. The molecule has 0 aliphatic rings. The van der Waals surface area contributed by atoms with E-state index in [4.69, 9.17) is 9.15 Å². The number of hydrogen-bond acceptors (Lipinski definition) is 6. The molecule has 0 saturated carbocycles. The Labute approximate surface area is 203 Å². The van der Waals surface area contributed by atoms with E-state index in [2.05, 4.69) is 20.2 Å². The van der Waals surface area contributed by atoms with Gasteiger partial charge in [0, 0.05) is 37.9 Å². The predicted molar refractivity (Wildman–Crippen MR) is 129 cm³/mol. The quantitative estimate of drug-likeness (QED) is 0.347. The van der Waals surface area contributed by atoms with Crippen LogP contribution >= 0.6 is 0 Å². The number of hydrogen-bond donors (Lipinski definition) is 1. The minimum atomic E-state index is -0.295. The molecule has 4 aromatic rings. The van der Waals surface area contributed by atoms with Crippen molar-refractivity contribution >= 4 is 5.91 Å². The molecule has 0 aliphatic carbocycles. The molecule has 0 bridgehead atoms. The molecule has 0 atom stereocenters. The average Bonchev–Trinajstić information content (AvgIpc) is 3.35. The van der Waals surface area contributed by atoms with Crippen LogP contribution in [0.1, 0.15) is 33.2 Å². The minimum Gasteiger partial charge on any atom is -0.497 e. The number of methoxy groups -OCH3 is 1. The smallest absolute Gasteiger partial charge is 0.273 e. The molecule has 1 amide bonds. The normalized spacial score (nSPS) is 10.9. The number of ether oxygens (including phenoxy) is 1. The van der Waals surface area contributed by atoms with Gasteiger partial charge in [-0.05, 0) is 47.5 Å². The average molecular weight is 475 g/mol. The third kappa shape index (κ3) is 7.22. The third-order valence-corrected chi connectivity index (χ3v) is 5.42. The first kappa shape index (κ1) is 24.1. The maximum absolute atomic E-state index is 13.4. The fourth-order valence-corrected chi connectivity index (χ4v) is 3.62. The zero-order valence-corrected chi connectivity index (χ0v) is 19.5. The number of pyridine rings is 1. The first-order valence-electron chi connectivity index (χ1n) is 11.3. The van der Waals surface area contributed by atoms with Gasteiger partial charge in [-0.3, -0.25) is 14.7 Å². The number of benzene rings is 2. The van der Waals surface area contributed by atoms with Gasteiger partial charge >= 0.3 is 0 Å². The molecule has 2 heterocycles. The number of oxazole rings is 1. The third-order valence-electron chi connectivity index (χ3n) is 5.42. The maximum Gasteiger partial charge on any atom is 0.273 e. The zero-order valence-electron chi connectivity index (χ0n) is 19.5. The maximum atomic E-state index is 13.4. The molecule has 0 fully saturated rings. The van der Waals surface area contributed by atoms with Gasteiger partial charge in [0.2, 0.25) is 5.89 Å². The molecule has 1 N–H and O–H groups in total. The Morgan fingerprint density at radius 3 is 2.37 bits per heavy atom. The highest BCUT2D eigenvalue weighted by Crippen LogP contribution is 2.17. The van der Waals surface area contributed by atoms with E-state index in [1.54, 1.807) is 25.4 Å². The van der Waals surface area contributed by atoms with Gasteiger partial charge in [0.25, 0.3) is 5.91 Å². The van der Waals surface area contributed by atoms with Gasteiger partial charge in [-0.25, -0.2) is 9.37 Å². The molecule has 2 aromatic heterocycles. The van der Waals surface area contributed by atoms with Crippen molar-refractivity contribution in [3.05, 3.63) is 113 Å². The molecule has 180 valence electrons. The Kier molecular flexibility index (Phi) is 8.19. The van der Waals surface area contributed by atoms with Crippen molar-refractivity contribution in [2.45, 2.75) is 26.1 Å². The molecule has 0 unspecified atom stereocenters. The Morgan fingerprint density at radius 1 is 1.00 bits per heavy atom. The predicted octanol–water partition coefficient (Wildman–Crippen LogP) is 4.39. The Hall–Kier alpha value is -4.04. The Morgan fingerprint density at radius 2 is 1.71 bits per heavy atom. The molecule has 0 radical (unpaired) electrons. The lowest BCUT2D eigenvalue weighted by Crippen LogP contribution is -2.26. The number of amides is 1. The number of aromatic nitrogens is 2. The lowest BCUT2D eigenvalue weighted by molar-refractivity contribution is 0.0949. The summed E-state index contributed by atoms with van der Waals surface area (Å²) in [4.78, 5) is 23.2. The highest BCUT2D eigenvalue weighted by Gasteiger charge is 2.16.